The molecule has 2 aromatic rings. The maximum absolute atomic E-state index is 5.90. The molecule has 4 nitrogen and oxygen atoms in total. The highest BCUT2D eigenvalue weighted by Crippen LogP contribution is 2.40. The van der Waals surface area contributed by atoms with Crippen LogP contribution >= 0.6 is 0 Å². The Labute approximate surface area is 138 Å². The molecular weight excluding hydrogens is 288 g/mol. The SMILES string of the molecule is Cc1ccc(C)c(OCCCN(C)Cc2cc(C3CC3)on2)c1. The maximum atomic E-state index is 5.90. The van der Waals surface area contributed by atoms with Gasteiger partial charge < -0.3 is 14.2 Å². The van der Waals surface area contributed by atoms with E-state index in [1.165, 1.54) is 24.0 Å². The summed E-state index contributed by atoms with van der Waals surface area (Å²) >= 11 is 0. The van der Waals surface area contributed by atoms with Gasteiger partial charge in [0.05, 0.1) is 12.3 Å². The van der Waals surface area contributed by atoms with E-state index in [0.717, 1.165) is 43.3 Å². The second kappa shape index (κ2) is 7.18. The number of benzene rings is 1. The third kappa shape index (κ3) is 4.58. The molecule has 0 saturated heterocycles. The van der Waals surface area contributed by atoms with Gasteiger partial charge in [0.25, 0.3) is 0 Å². The molecule has 1 aliphatic carbocycles. The standard InChI is InChI=1S/C19H26N2O2/c1-14-5-6-15(2)18(11-14)22-10-4-9-21(3)13-17-12-19(23-20-17)16-7-8-16/h5-6,11-12,16H,4,7-10,13H2,1-3H3. The molecule has 1 aromatic heterocycles. The van der Waals surface area contributed by atoms with Crippen molar-refractivity contribution in [2.45, 2.75) is 45.6 Å². The molecule has 0 atom stereocenters. The van der Waals surface area contributed by atoms with Crippen LogP contribution < -0.4 is 4.74 Å². The smallest absolute Gasteiger partial charge is 0.140 e. The highest BCUT2D eigenvalue weighted by molar-refractivity contribution is 5.35. The van der Waals surface area contributed by atoms with Crippen molar-refractivity contribution in [3.05, 3.63) is 46.8 Å². The lowest BCUT2D eigenvalue weighted by molar-refractivity contribution is 0.253. The number of nitrogens with zero attached hydrogens (tertiary/aromatic N) is 2. The van der Waals surface area contributed by atoms with Crippen molar-refractivity contribution >= 4 is 0 Å². The van der Waals surface area contributed by atoms with Crippen LogP contribution in [0.5, 0.6) is 5.75 Å². The summed E-state index contributed by atoms with van der Waals surface area (Å²) in [6, 6.07) is 8.44. The Morgan fingerprint density at radius 3 is 2.87 bits per heavy atom. The van der Waals surface area contributed by atoms with Crippen molar-refractivity contribution in [2.75, 3.05) is 20.2 Å². The van der Waals surface area contributed by atoms with Crippen LogP contribution in [-0.4, -0.2) is 30.3 Å². The van der Waals surface area contributed by atoms with Crippen molar-refractivity contribution in [3.8, 4) is 5.75 Å². The number of ether oxygens (including phenoxy) is 1. The Kier molecular flexibility index (Phi) is 5.01. The first-order chi connectivity index (χ1) is 11.1. The van der Waals surface area contributed by atoms with Crippen LogP contribution in [0.25, 0.3) is 0 Å². The van der Waals surface area contributed by atoms with Gasteiger partial charge in [-0.25, -0.2) is 0 Å². The van der Waals surface area contributed by atoms with Crippen LogP contribution in [0, 0.1) is 13.8 Å². The lowest BCUT2D eigenvalue weighted by Crippen LogP contribution is -2.21. The molecule has 4 heteroatoms. The summed E-state index contributed by atoms with van der Waals surface area (Å²) in [7, 11) is 2.11. The normalized spacial score (nSPS) is 14.4. The van der Waals surface area contributed by atoms with Crippen molar-refractivity contribution < 1.29 is 9.26 Å². The Morgan fingerprint density at radius 2 is 2.09 bits per heavy atom. The van der Waals surface area contributed by atoms with E-state index < -0.39 is 0 Å². The zero-order chi connectivity index (χ0) is 16.2. The van der Waals surface area contributed by atoms with Crippen molar-refractivity contribution in [1.29, 1.82) is 0 Å². The van der Waals surface area contributed by atoms with Crippen molar-refractivity contribution in [1.82, 2.24) is 10.1 Å². The molecule has 1 aromatic carbocycles. The number of aryl methyl sites for hydroxylation is 2. The molecule has 1 aliphatic rings. The minimum atomic E-state index is 0.632. The zero-order valence-corrected chi connectivity index (χ0v) is 14.3. The summed E-state index contributed by atoms with van der Waals surface area (Å²) < 4.78 is 11.3. The molecule has 3 rings (SSSR count). The van der Waals surface area contributed by atoms with Gasteiger partial charge in [-0.3, -0.25) is 0 Å². The molecular formula is C19H26N2O2. The van der Waals surface area contributed by atoms with E-state index >= 15 is 0 Å². The Bertz CT molecular complexity index is 647. The summed E-state index contributed by atoms with van der Waals surface area (Å²) in [4.78, 5) is 2.26. The average molecular weight is 314 g/mol. The summed E-state index contributed by atoms with van der Waals surface area (Å²) in [5, 5.41) is 4.17. The van der Waals surface area contributed by atoms with Gasteiger partial charge in [-0.15, -0.1) is 0 Å². The minimum absolute atomic E-state index is 0.632. The molecule has 0 bridgehead atoms. The molecule has 23 heavy (non-hydrogen) atoms. The lowest BCUT2D eigenvalue weighted by Gasteiger charge is -2.15. The van der Waals surface area contributed by atoms with Crippen molar-refractivity contribution in [2.24, 2.45) is 0 Å². The van der Waals surface area contributed by atoms with Crippen LogP contribution in [0.1, 0.15) is 47.8 Å². The first-order valence-corrected chi connectivity index (χ1v) is 8.46. The third-order valence-electron chi connectivity index (χ3n) is 4.27. The van der Waals surface area contributed by atoms with Crippen LogP contribution in [-0.2, 0) is 6.54 Å². The monoisotopic (exact) mass is 314 g/mol. The quantitative estimate of drug-likeness (QED) is 0.689. The second-order valence-corrected chi connectivity index (χ2v) is 6.70. The summed E-state index contributed by atoms with van der Waals surface area (Å²) in [5.74, 6) is 2.69. The molecule has 124 valence electrons. The molecule has 0 spiro atoms. The largest absolute Gasteiger partial charge is 0.493 e. The fraction of sp³-hybridized carbons (Fsp3) is 0.526. The minimum Gasteiger partial charge on any atom is -0.493 e. The third-order valence-corrected chi connectivity index (χ3v) is 4.27. The topological polar surface area (TPSA) is 38.5 Å². The first-order valence-electron chi connectivity index (χ1n) is 8.46. The molecule has 0 N–H and O–H groups in total. The maximum Gasteiger partial charge on any atom is 0.140 e. The van der Waals surface area contributed by atoms with Gasteiger partial charge in [-0.1, -0.05) is 17.3 Å². The van der Waals surface area contributed by atoms with Crippen LogP contribution in [0.2, 0.25) is 0 Å². The molecule has 0 radical (unpaired) electrons. The summed E-state index contributed by atoms with van der Waals surface area (Å²) in [6.45, 7) is 6.73. The van der Waals surface area contributed by atoms with Crippen molar-refractivity contribution in [3.63, 3.8) is 0 Å². The van der Waals surface area contributed by atoms with E-state index in [1.54, 1.807) is 0 Å². The van der Waals surface area contributed by atoms with Gasteiger partial charge in [0.15, 0.2) is 0 Å². The van der Waals surface area contributed by atoms with E-state index in [0.29, 0.717) is 5.92 Å². The highest BCUT2D eigenvalue weighted by atomic mass is 16.5. The lowest BCUT2D eigenvalue weighted by atomic mass is 10.1. The summed E-state index contributed by atoms with van der Waals surface area (Å²) in [6.07, 6.45) is 3.50. The number of aromatic nitrogens is 1. The Hall–Kier alpha value is -1.81. The number of rotatable bonds is 8. The predicted molar refractivity (Wildman–Crippen MR) is 90.8 cm³/mol. The van der Waals surface area contributed by atoms with E-state index in [9.17, 15) is 0 Å². The van der Waals surface area contributed by atoms with Crippen LogP contribution in [0.15, 0.2) is 28.8 Å². The van der Waals surface area contributed by atoms with Gasteiger partial charge in [0.2, 0.25) is 0 Å². The van der Waals surface area contributed by atoms with Gasteiger partial charge in [0, 0.05) is 25.1 Å². The first kappa shape index (κ1) is 16.1. The molecule has 0 amide bonds. The van der Waals surface area contributed by atoms with Crippen LogP contribution in [0.3, 0.4) is 0 Å². The molecule has 0 aliphatic heterocycles. The number of hydrogen-bond acceptors (Lipinski definition) is 4. The molecule has 1 heterocycles. The van der Waals surface area contributed by atoms with Gasteiger partial charge in [-0.2, -0.15) is 0 Å². The van der Waals surface area contributed by atoms with E-state index in [4.69, 9.17) is 9.26 Å². The zero-order valence-electron chi connectivity index (χ0n) is 14.3. The van der Waals surface area contributed by atoms with Crippen LogP contribution in [0.4, 0.5) is 0 Å². The van der Waals surface area contributed by atoms with E-state index in [2.05, 4.69) is 55.2 Å². The summed E-state index contributed by atoms with van der Waals surface area (Å²) in [5.41, 5.74) is 3.46. The van der Waals surface area contributed by atoms with Gasteiger partial charge in [0.1, 0.15) is 11.5 Å². The number of hydrogen-bond donors (Lipinski definition) is 0. The predicted octanol–water partition coefficient (Wildman–Crippen LogP) is 4.07. The van der Waals surface area contributed by atoms with E-state index in [1.807, 2.05) is 0 Å². The molecule has 1 saturated carbocycles. The van der Waals surface area contributed by atoms with E-state index in [-0.39, 0.29) is 0 Å². The molecule has 1 fully saturated rings. The average Bonchev–Trinajstić information content (AvgIpc) is 3.27. The molecule has 0 unspecified atom stereocenters. The Morgan fingerprint density at radius 1 is 1.26 bits per heavy atom. The van der Waals surface area contributed by atoms with Gasteiger partial charge >= 0.3 is 0 Å². The Balaban J connectivity index is 1.38. The fourth-order valence-electron chi connectivity index (χ4n) is 2.70. The van der Waals surface area contributed by atoms with Gasteiger partial charge in [-0.05, 0) is 57.4 Å². The second-order valence-electron chi connectivity index (χ2n) is 6.70. The fourth-order valence-corrected chi connectivity index (χ4v) is 2.70. The highest BCUT2D eigenvalue weighted by Gasteiger charge is 2.27.